The number of thioether (sulfide) groups is 1. The topological polar surface area (TPSA) is 55.5 Å². The van der Waals surface area contributed by atoms with Crippen LogP contribution < -0.4 is 10.5 Å². The molecule has 0 spiro atoms. The van der Waals surface area contributed by atoms with Crippen LogP contribution >= 0.6 is 11.8 Å². The SMILES string of the molecule is COc1cc(N)ccc1SC1CCCCCC1O. The molecule has 3 N–H and O–H groups in total. The van der Waals surface area contributed by atoms with Crippen molar-refractivity contribution < 1.29 is 9.84 Å². The van der Waals surface area contributed by atoms with Gasteiger partial charge in [-0.25, -0.2) is 0 Å². The van der Waals surface area contributed by atoms with Crippen LogP contribution in [0.2, 0.25) is 0 Å². The molecule has 18 heavy (non-hydrogen) atoms. The molecule has 0 radical (unpaired) electrons. The summed E-state index contributed by atoms with van der Waals surface area (Å²) in [5.74, 6) is 0.802. The predicted molar refractivity (Wildman–Crippen MR) is 76.1 cm³/mol. The lowest BCUT2D eigenvalue weighted by molar-refractivity contribution is 0.163. The lowest BCUT2D eigenvalue weighted by Crippen LogP contribution is -2.21. The van der Waals surface area contributed by atoms with Gasteiger partial charge in [0.05, 0.1) is 13.2 Å². The van der Waals surface area contributed by atoms with Gasteiger partial charge in [-0.1, -0.05) is 19.3 Å². The molecule has 3 nitrogen and oxygen atoms in total. The number of anilines is 1. The average Bonchev–Trinajstić information content (AvgIpc) is 2.57. The highest BCUT2D eigenvalue weighted by atomic mass is 32.2. The molecule has 0 amide bonds. The molecule has 1 aromatic rings. The second kappa shape index (κ2) is 6.34. The second-order valence-corrected chi connectivity index (χ2v) is 6.05. The third-order valence-corrected chi connectivity index (χ3v) is 4.83. The molecular formula is C14H21NO2S. The summed E-state index contributed by atoms with van der Waals surface area (Å²) in [6.45, 7) is 0. The number of ether oxygens (including phenoxy) is 1. The Morgan fingerprint density at radius 3 is 2.83 bits per heavy atom. The first-order chi connectivity index (χ1) is 8.70. The molecule has 4 heteroatoms. The van der Waals surface area contributed by atoms with Crippen LogP contribution in [-0.2, 0) is 0 Å². The van der Waals surface area contributed by atoms with Gasteiger partial charge in [-0.3, -0.25) is 0 Å². The van der Waals surface area contributed by atoms with Crippen molar-refractivity contribution in [1.29, 1.82) is 0 Å². The Bertz CT molecular complexity index is 397. The first-order valence-electron chi connectivity index (χ1n) is 6.49. The van der Waals surface area contributed by atoms with Crippen LogP contribution in [0, 0.1) is 0 Å². The molecular weight excluding hydrogens is 246 g/mol. The summed E-state index contributed by atoms with van der Waals surface area (Å²) in [6.07, 6.45) is 5.34. The van der Waals surface area contributed by atoms with Gasteiger partial charge in [0.2, 0.25) is 0 Å². The van der Waals surface area contributed by atoms with E-state index in [-0.39, 0.29) is 11.4 Å². The third kappa shape index (κ3) is 3.33. The number of benzene rings is 1. The van der Waals surface area contributed by atoms with Crippen molar-refractivity contribution in [3.05, 3.63) is 18.2 Å². The molecule has 0 saturated heterocycles. The van der Waals surface area contributed by atoms with E-state index < -0.39 is 0 Å². The zero-order chi connectivity index (χ0) is 13.0. The van der Waals surface area contributed by atoms with Gasteiger partial charge in [0, 0.05) is 21.9 Å². The van der Waals surface area contributed by atoms with Gasteiger partial charge in [-0.2, -0.15) is 0 Å². The van der Waals surface area contributed by atoms with Crippen LogP contribution in [-0.4, -0.2) is 23.6 Å². The standard InChI is InChI=1S/C14H21NO2S/c1-17-12-9-10(15)7-8-14(12)18-13-6-4-2-3-5-11(13)16/h7-9,11,13,16H,2-6,15H2,1H3. The monoisotopic (exact) mass is 267 g/mol. The summed E-state index contributed by atoms with van der Waals surface area (Å²) in [5, 5.41) is 10.4. The lowest BCUT2D eigenvalue weighted by Gasteiger charge is -2.21. The molecule has 1 aliphatic rings. The third-order valence-electron chi connectivity index (χ3n) is 3.38. The normalized spacial score (nSPS) is 24.6. The van der Waals surface area contributed by atoms with Crippen molar-refractivity contribution in [1.82, 2.24) is 0 Å². The van der Waals surface area contributed by atoms with Crippen molar-refractivity contribution in [3.8, 4) is 5.75 Å². The number of nitrogen functional groups attached to an aromatic ring is 1. The zero-order valence-corrected chi connectivity index (χ0v) is 11.6. The molecule has 1 fully saturated rings. The summed E-state index contributed by atoms with van der Waals surface area (Å²) in [7, 11) is 1.66. The van der Waals surface area contributed by atoms with Crippen LogP contribution in [0.3, 0.4) is 0 Å². The number of methoxy groups -OCH3 is 1. The molecule has 0 aromatic heterocycles. The van der Waals surface area contributed by atoms with Gasteiger partial charge in [-0.05, 0) is 25.0 Å². The Balaban J connectivity index is 2.12. The van der Waals surface area contributed by atoms with Crippen LogP contribution in [0.25, 0.3) is 0 Å². The number of aliphatic hydroxyl groups excluding tert-OH is 1. The van der Waals surface area contributed by atoms with Crippen molar-refractivity contribution in [2.24, 2.45) is 0 Å². The van der Waals surface area contributed by atoms with Gasteiger partial charge in [0.25, 0.3) is 0 Å². The molecule has 100 valence electrons. The van der Waals surface area contributed by atoms with Gasteiger partial charge >= 0.3 is 0 Å². The number of rotatable bonds is 3. The molecule has 2 rings (SSSR count). The Morgan fingerprint density at radius 1 is 1.28 bits per heavy atom. The Hall–Kier alpha value is -0.870. The second-order valence-electron chi connectivity index (χ2n) is 4.77. The van der Waals surface area contributed by atoms with E-state index in [0.717, 1.165) is 29.9 Å². The minimum atomic E-state index is -0.209. The highest BCUT2D eigenvalue weighted by molar-refractivity contribution is 8.00. The number of hydrogen-bond donors (Lipinski definition) is 2. The molecule has 1 saturated carbocycles. The fourth-order valence-electron chi connectivity index (χ4n) is 2.34. The van der Waals surface area contributed by atoms with Crippen LogP contribution in [0.5, 0.6) is 5.75 Å². The highest BCUT2D eigenvalue weighted by Gasteiger charge is 2.23. The zero-order valence-electron chi connectivity index (χ0n) is 10.8. The van der Waals surface area contributed by atoms with E-state index in [0.29, 0.717) is 5.69 Å². The number of aliphatic hydroxyl groups is 1. The summed E-state index contributed by atoms with van der Waals surface area (Å²) in [6, 6.07) is 5.70. The maximum absolute atomic E-state index is 10.1. The van der Waals surface area contributed by atoms with Gasteiger partial charge in [0.15, 0.2) is 0 Å². The predicted octanol–water partition coefficient (Wildman–Crippen LogP) is 3.06. The quantitative estimate of drug-likeness (QED) is 0.653. The van der Waals surface area contributed by atoms with E-state index in [1.54, 1.807) is 18.9 Å². The van der Waals surface area contributed by atoms with Crippen LogP contribution in [0.15, 0.2) is 23.1 Å². The van der Waals surface area contributed by atoms with Crippen LogP contribution in [0.1, 0.15) is 32.1 Å². The number of nitrogens with two attached hydrogens (primary N) is 1. The first-order valence-corrected chi connectivity index (χ1v) is 7.37. The summed E-state index contributed by atoms with van der Waals surface area (Å²) < 4.78 is 5.35. The van der Waals surface area contributed by atoms with E-state index in [1.165, 1.54) is 12.8 Å². The van der Waals surface area contributed by atoms with Crippen molar-refractivity contribution >= 4 is 17.4 Å². The molecule has 1 aromatic carbocycles. The minimum absolute atomic E-state index is 0.209. The largest absolute Gasteiger partial charge is 0.496 e. The molecule has 1 aliphatic carbocycles. The van der Waals surface area contributed by atoms with Crippen molar-refractivity contribution in [3.63, 3.8) is 0 Å². The number of hydrogen-bond acceptors (Lipinski definition) is 4. The summed E-state index contributed by atoms with van der Waals surface area (Å²) in [5.41, 5.74) is 6.46. The van der Waals surface area contributed by atoms with E-state index >= 15 is 0 Å². The maximum atomic E-state index is 10.1. The van der Waals surface area contributed by atoms with Gasteiger partial charge in [-0.15, -0.1) is 11.8 Å². The fraction of sp³-hybridized carbons (Fsp3) is 0.571. The highest BCUT2D eigenvalue weighted by Crippen LogP contribution is 2.38. The summed E-state index contributed by atoms with van der Waals surface area (Å²) >= 11 is 1.72. The molecule has 0 bridgehead atoms. The Kier molecular flexibility index (Phi) is 4.78. The van der Waals surface area contributed by atoms with E-state index in [9.17, 15) is 5.11 Å². The lowest BCUT2D eigenvalue weighted by atomic mass is 10.1. The molecule has 0 heterocycles. The minimum Gasteiger partial charge on any atom is -0.496 e. The van der Waals surface area contributed by atoms with Crippen LogP contribution in [0.4, 0.5) is 5.69 Å². The summed E-state index contributed by atoms with van der Waals surface area (Å²) in [4.78, 5) is 1.07. The Labute approximate surface area is 113 Å². The maximum Gasteiger partial charge on any atom is 0.134 e. The average molecular weight is 267 g/mol. The van der Waals surface area contributed by atoms with E-state index in [1.807, 2.05) is 18.2 Å². The van der Waals surface area contributed by atoms with Gasteiger partial charge < -0.3 is 15.6 Å². The van der Waals surface area contributed by atoms with Crippen molar-refractivity contribution in [2.45, 2.75) is 48.4 Å². The van der Waals surface area contributed by atoms with Crippen molar-refractivity contribution in [2.75, 3.05) is 12.8 Å². The Morgan fingerprint density at radius 2 is 2.06 bits per heavy atom. The molecule has 2 unspecified atom stereocenters. The fourth-order valence-corrected chi connectivity index (χ4v) is 3.65. The smallest absolute Gasteiger partial charge is 0.134 e. The molecule has 2 atom stereocenters. The molecule has 0 aliphatic heterocycles. The first kappa shape index (κ1) is 13.6. The van der Waals surface area contributed by atoms with E-state index in [4.69, 9.17) is 10.5 Å². The van der Waals surface area contributed by atoms with E-state index in [2.05, 4.69) is 0 Å². The van der Waals surface area contributed by atoms with Gasteiger partial charge in [0.1, 0.15) is 5.75 Å².